The Hall–Kier alpha value is -2.95. The van der Waals surface area contributed by atoms with Gasteiger partial charge in [0.05, 0.1) is 11.6 Å². The van der Waals surface area contributed by atoms with Crippen molar-refractivity contribution in [1.82, 2.24) is 5.32 Å². The maximum absolute atomic E-state index is 15.3. The molecule has 0 fully saturated rings. The summed E-state index contributed by atoms with van der Waals surface area (Å²) in [5, 5.41) is 2.54. The summed E-state index contributed by atoms with van der Waals surface area (Å²) in [4.78, 5) is 26.8. The lowest BCUT2D eigenvalue weighted by molar-refractivity contribution is -0.138. The van der Waals surface area contributed by atoms with E-state index < -0.39 is 39.9 Å². The summed E-state index contributed by atoms with van der Waals surface area (Å²) in [6, 6.07) is 8.12. The maximum Gasteiger partial charge on any atom is 0.416 e. The summed E-state index contributed by atoms with van der Waals surface area (Å²) in [5.41, 5.74) is 3.62. The van der Waals surface area contributed by atoms with Crippen LogP contribution in [-0.4, -0.2) is 29.2 Å². The Labute approximate surface area is 191 Å². The van der Waals surface area contributed by atoms with Crippen molar-refractivity contribution in [1.29, 1.82) is 0 Å². The van der Waals surface area contributed by atoms with Crippen molar-refractivity contribution in [3.05, 3.63) is 70.8 Å². The van der Waals surface area contributed by atoms with Gasteiger partial charge in [-0.25, -0.2) is 0 Å². The number of primary amides is 1. The lowest BCUT2D eigenvalue weighted by atomic mass is 9.95. The van der Waals surface area contributed by atoms with Crippen LogP contribution in [0.25, 0.3) is 0 Å². The molecule has 0 saturated carbocycles. The second-order valence-electron chi connectivity index (χ2n) is 7.32. The molecular weight excluding hydrogens is 465 g/mol. The number of alkyl halides is 5. The Kier molecular flexibility index (Phi) is 7.89. The van der Waals surface area contributed by atoms with Crippen molar-refractivity contribution in [2.24, 2.45) is 10.7 Å². The molecule has 0 bridgehead atoms. The molecule has 2 unspecified atom stereocenters. The minimum Gasteiger partial charge on any atom is -0.366 e. The fourth-order valence-corrected chi connectivity index (χ4v) is 4.05. The number of amidine groups is 1. The molecule has 1 amide bonds. The number of hydrogen-bond donors (Lipinski definition) is 2. The number of nitrogens with one attached hydrogen (secondary N) is 1. The van der Waals surface area contributed by atoms with Gasteiger partial charge in [-0.15, -0.1) is 0 Å². The second kappa shape index (κ2) is 9.90. The molecule has 0 aliphatic heterocycles. The van der Waals surface area contributed by atoms with Gasteiger partial charge < -0.3 is 15.8 Å². The number of hydrogen-bond acceptors (Lipinski definition) is 4. The van der Waals surface area contributed by atoms with E-state index in [0.717, 1.165) is 37.3 Å². The van der Waals surface area contributed by atoms with E-state index in [4.69, 9.17) is 5.73 Å². The third-order valence-corrected chi connectivity index (χ3v) is 6.24. The third-order valence-electron chi connectivity index (χ3n) is 4.96. The number of carbonyl (C=O) groups excluding carboxylic acids is 2. The van der Waals surface area contributed by atoms with Crippen LogP contribution in [0.2, 0.25) is 0 Å². The zero-order chi connectivity index (χ0) is 25.0. The van der Waals surface area contributed by atoms with Gasteiger partial charge >= 0.3 is 6.18 Å². The van der Waals surface area contributed by atoms with Crippen LogP contribution in [0.3, 0.4) is 0 Å². The highest BCUT2D eigenvalue weighted by Crippen LogP contribution is 2.46. The van der Waals surface area contributed by atoms with Crippen molar-refractivity contribution in [2.45, 2.75) is 36.7 Å². The first-order valence-corrected chi connectivity index (χ1v) is 10.4. The van der Waals surface area contributed by atoms with Gasteiger partial charge in [-0.3, -0.25) is 9.79 Å². The number of benzene rings is 2. The Morgan fingerprint density at radius 3 is 2.15 bits per heavy atom. The summed E-state index contributed by atoms with van der Waals surface area (Å²) >= 11 is 0.389. The first-order chi connectivity index (χ1) is 15.3. The van der Waals surface area contributed by atoms with E-state index in [1.165, 1.54) is 32.2 Å². The Balaban J connectivity index is 2.32. The molecule has 0 heterocycles. The fraction of sp³-hybridized carbons (Fsp3) is 0.318. The minimum absolute atomic E-state index is 0.0182. The number of nitrogens with two attached hydrogens (primary N) is 1. The summed E-state index contributed by atoms with van der Waals surface area (Å²) in [6.07, 6.45) is -4.55. The number of aliphatic imine (C=N–C) groups is 1. The van der Waals surface area contributed by atoms with Crippen LogP contribution < -0.4 is 11.1 Å². The number of amides is 1. The highest BCUT2D eigenvalue weighted by molar-refractivity contribution is 8.15. The molecule has 0 saturated heterocycles. The Morgan fingerprint density at radius 1 is 1.09 bits per heavy atom. The van der Waals surface area contributed by atoms with Crippen LogP contribution in [0.15, 0.2) is 53.5 Å². The molecule has 0 aliphatic carbocycles. The van der Waals surface area contributed by atoms with Gasteiger partial charge in [0.15, 0.2) is 5.17 Å². The molecule has 0 radical (unpaired) electrons. The van der Waals surface area contributed by atoms with Gasteiger partial charge in [0.1, 0.15) is 11.0 Å². The fourth-order valence-electron chi connectivity index (χ4n) is 3.03. The standard InChI is InChI=1S/C22H22F5N3O2S/c1-13(16-6-4-5-7-17(16)22(25,26)27)30-19(29-3)33-20(2,12-31)21(23,24)15-10-8-14(9-11-15)18(28)32/h4-13H,1-3H3,(H2,28,32)(H,29,30). The highest BCUT2D eigenvalue weighted by Gasteiger charge is 2.53. The van der Waals surface area contributed by atoms with Gasteiger partial charge in [-0.1, -0.05) is 42.1 Å². The zero-order valence-corrected chi connectivity index (χ0v) is 18.7. The molecule has 178 valence electrons. The first kappa shape index (κ1) is 26.3. The normalized spacial score (nSPS) is 15.5. The SMILES string of the molecule is CN=C(NC(C)c1ccccc1C(F)(F)F)SC(C)(C=O)C(F)(F)c1ccc(C(N)=O)cc1. The Morgan fingerprint density at radius 2 is 1.67 bits per heavy atom. The van der Waals surface area contributed by atoms with Crippen molar-refractivity contribution in [3.63, 3.8) is 0 Å². The second-order valence-corrected chi connectivity index (χ2v) is 8.76. The predicted octanol–water partition coefficient (Wildman–Crippen LogP) is 4.92. The van der Waals surface area contributed by atoms with Gasteiger partial charge in [0.2, 0.25) is 5.91 Å². The summed E-state index contributed by atoms with van der Waals surface area (Å²) in [6.45, 7) is 2.42. The van der Waals surface area contributed by atoms with Crippen molar-refractivity contribution < 1.29 is 31.5 Å². The molecule has 3 N–H and O–H groups in total. The molecular formula is C22H22F5N3O2S. The number of carbonyl (C=O) groups is 2. The molecule has 0 aliphatic rings. The zero-order valence-electron chi connectivity index (χ0n) is 17.9. The van der Waals surface area contributed by atoms with E-state index in [1.54, 1.807) is 0 Å². The number of thioether (sulfide) groups is 1. The molecule has 0 spiro atoms. The number of halogens is 5. The monoisotopic (exact) mass is 487 g/mol. The number of aldehydes is 1. The van der Waals surface area contributed by atoms with Crippen LogP contribution in [0.1, 0.15) is 46.9 Å². The molecule has 2 aromatic rings. The van der Waals surface area contributed by atoms with Crippen molar-refractivity contribution >= 4 is 29.1 Å². The molecule has 0 aromatic heterocycles. The molecule has 5 nitrogen and oxygen atoms in total. The van der Waals surface area contributed by atoms with Crippen LogP contribution in [0, 0.1) is 0 Å². The first-order valence-electron chi connectivity index (χ1n) is 9.59. The topological polar surface area (TPSA) is 84.6 Å². The highest BCUT2D eigenvalue weighted by atomic mass is 32.2. The quantitative estimate of drug-likeness (QED) is 0.251. The van der Waals surface area contributed by atoms with Crippen molar-refractivity contribution in [2.75, 3.05) is 7.05 Å². The third kappa shape index (κ3) is 5.70. The summed E-state index contributed by atoms with van der Waals surface area (Å²) in [7, 11) is 1.27. The molecule has 2 aromatic carbocycles. The average molecular weight is 487 g/mol. The van der Waals surface area contributed by atoms with E-state index in [9.17, 15) is 22.8 Å². The van der Waals surface area contributed by atoms with E-state index >= 15 is 8.78 Å². The van der Waals surface area contributed by atoms with Gasteiger partial charge in [-0.2, -0.15) is 22.0 Å². The summed E-state index contributed by atoms with van der Waals surface area (Å²) in [5.74, 6) is -4.52. The predicted molar refractivity (Wildman–Crippen MR) is 117 cm³/mol. The van der Waals surface area contributed by atoms with Gasteiger partial charge in [0.25, 0.3) is 5.92 Å². The maximum atomic E-state index is 15.3. The molecule has 11 heteroatoms. The average Bonchev–Trinajstić information content (AvgIpc) is 2.77. The summed E-state index contributed by atoms with van der Waals surface area (Å²) < 4.78 is 68.3. The molecule has 33 heavy (non-hydrogen) atoms. The lowest BCUT2D eigenvalue weighted by Gasteiger charge is -2.33. The molecule has 2 atom stereocenters. The largest absolute Gasteiger partial charge is 0.416 e. The Bertz CT molecular complexity index is 1040. The van der Waals surface area contributed by atoms with Crippen LogP contribution in [0.5, 0.6) is 0 Å². The van der Waals surface area contributed by atoms with E-state index in [-0.39, 0.29) is 22.6 Å². The number of nitrogens with zero attached hydrogens (tertiary/aromatic N) is 1. The minimum atomic E-state index is -4.61. The van der Waals surface area contributed by atoms with Crippen LogP contribution in [0.4, 0.5) is 22.0 Å². The van der Waals surface area contributed by atoms with Crippen molar-refractivity contribution in [3.8, 4) is 0 Å². The molecule has 2 rings (SSSR count). The van der Waals surface area contributed by atoms with E-state index in [2.05, 4.69) is 10.3 Å². The van der Waals surface area contributed by atoms with Crippen LogP contribution >= 0.6 is 11.8 Å². The number of rotatable bonds is 7. The van der Waals surface area contributed by atoms with E-state index in [1.807, 2.05) is 0 Å². The van der Waals surface area contributed by atoms with Gasteiger partial charge in [0, 0.05) is 18.2 Å². The lowest BCUT2D eigenvalue weighted by Crippen LogP contribution is -2.44. The van der Waals surface area contributed by atoms with Gasteiger partial charge in [-0.05, 0) is 37.6 Å². The smallest absolute Gasteiger partial charge is 0.366 e. The van der Waals surface area contributed by atoms with E-state index in [0.29, 0.717) is 11.8 Å². The van der Waals surface area contributed by atoms with Crippen LogP contribution in [-0.2, 0) is 16.9 Å².